The van der Waals surface area contributed by atoms with E-state index in [4.69, 9.17) is 0 Å². The van der Waals surface area contributed by atoms with Crippen LogP contribution >= 0.6 is 0 Å². The highest BCUT2D eigenvalue weighted by Gasteiger charge is 2.58. The van der Waals surface area contributed by atoms with Crippen molar-refractivity contribution in [3.63, 3.8) is 0 Å². The molecule has 3 aromatic carbocycles. The van der Waals surface area contributed by atoms with E-state index in [9.17, 15) is 18.3 Å². The van der Waals surface area contributed by atoms with E-state index in [0.717, 1.165) is 0 Å². The summed E-state index contributed by atoms with van der Waals surface area (Å²) in [6.07, 6.45) is 2.81. The second-order valence-corrected chi connectivity index (χ2v) is 8.50. The Kier molecular flexibility index (Phi) is 5.94. The number of aliphatic carboxylic acids is 1. The lowest BCUT2D eigenvalue weighted by Crippen LogP contribution is -2.47. The molecule has 3 aromatic rings. The predicted octanol–water partition coefficient (Wildman–Crippen LogP) is 4.71. The van der Waals surface area contributed by atoms with Crippen molar-refractivity contribution in [2.24, 2.45) is 0 Å². The zero-order chi connectivity index (χ0) is 20.9. The predicted molar refractivity (Wildman–Crippen MR) is 110 cm³/mol. The minimum Gasteiger partial charge on any atom is -0.478 e. The highest BCUT2D eigenvalue weighted by molar-refractivity contribution is 7.93. The summed E-state index contributed by atoms with van der Waals surface area (Å²) in [7, 11) is -4.87. The fraction of sp³-hybridized carbons (Fsp3) is 0.0870. The van der Waals surface area contributed by atoms with E-state index in [2.05, 4.69) is 0 Å². The molecule has 0 spiro atoms. The molecule has 3 rings (SSSR count). The van der Waals surface area contributed by atoms with Crippen LogP contribution in [-0.2, 0) is 14.6 Å². The summed E-state index contributed by atoms with van der Waals surface area (Å²) in [6.45, 7) is 0. The number of hydrogen-bond acceptors (Lipinski definition) is 3. The number of sulfone groups is 1. The van der Waals surface area contributed by atoms with E-state index >= 15 is 4.39 Å². The first-order valence-corrected chi connectivity index (χ1v) is 10.4. The topological polar surface area (TPSA) is 71.4 Å². The molecule has 0 saturated heterocycles. The number of carbonyl (C=O) groups is 1. The number of carboxylic acid groups (broad SMARTS) is 1. The molecule has 0 aliphatic rings. The summed E-state index contributed by atoms with van der Waals surface area (Å²) in [5.74, 6) is -3.63. The van der Waals surface area contributed by atoms with Gasteiger partial charge in [0.25, 0.3) is 0 Å². The van der Waals surface area contributed by atoms with E-state index in [1.165, 1.54) is 48.6 Å². The third-order valence-electron chi connectivity index (χ3n) is 4.58. The van der Waals surface area contributed by atoms with Gasteiger partial charge in [0.1, 0.15) is 0 Å². The average molecular weight is 410 g/mol. The minimum absolute atomic E-state index is 0.240. The number of rotatable bonds is 7. The maximum Gasteiger partial charge on any atom is 0.358 e. The molecule has 0 fully saturated rings. The molecule has 0 radical (unpaired) electrons. The van der Waals surface area contributed by atoms with Gasteiger partial charge in [0.05, 0.1) is 10.8 Å². The molecule has 2 atom stereocenters. The normalized spacial score (nSPS) is 14.9. The number of hydrogen-bond donors (Lipinski definition) is 1. The number of alkyl halides is 1. The van der Waals surface area contributed by atoms with Crippen molar-refractivity contribution in [1.29, 1.82) is 0 Å². The molecule has 0 saturated carbocycles. The Labute approximate surface area is 168 Å². The maximum absolute atomic E-state index is 16.2. The van der Waals surface area contributed by atoms with Crippen molar-refractivity contribution in [2.75, 3.05) is 0 Å². The number of benzene rings is 3. The van der Waals surface area contributed by atoms with Gasteiger partial charge in [-0.3, -0.25) is 0 Å². The number of allylic oxidation sites excluding steroid dienone is 1. The van der Waals surface area contributed by atoms with Crippen molar-refractivity contribution in [3.8, 4) is 0 Å². The van der Waals surface area contributed by atoms with Gasteiger partial charge in [0.15, 0.2) is 0 Å². The largest absolute Gasteiger partial charge is 0.478 e. The third-order valence-corrected chi connectivity index (χ3v) is 6.68. The zero-order valence-electron chi connectivity index (χ0n) is 15.4. The average Bonchev–Trinajstić information content (AvgIpc) is 2.75. The summed E-state index contributed by atoms with van der Waals surface area (Å²) >= 11 is 0. The van der Waals surface area contributed by atoms with E-state index in [-0.39, 0.29) is 10.5 Å². The molecule has 0 amide bonds. The smallest absolute Gasteiger partial charge is 0.358 e. The van der Waals surface area contributed by atoms with Gasteiger partial charge in [-0.2, -0.15) is 0 Å². The van der Waals surface area contributed by atoms with Crippen LogP contribution in [0.4, 0.5) is 4.39 Å². The summed E-state index contributed by atoms with van der Waals surface area (Å²) < 4.78 is 42.5. The number of carboxylic acids is 1. The molecule has 148 valence electrons. The minimum atomic E-state index is -4.87. The third kappa shape index (κ3) is 3.98. The van der Waals surface area contributed by atoms with Crippen LogP contribution in [0.3, 0.4) is 0 Å². The first-order chi connectivity index (χ1) is 13.9. The molecule has 0 aliphatic heterocycles. The summed E-state index contributed by atoms with van der Waals surface area (Å²) in [5.41, 5.74) is 0.933. The Morgan fingerprint density at radius 3 is 1.86 bits per heavy atom. The fourth-order valence-corrected chi connectivity index (χ4v) is 4.70. The molecule has 29 heavy (non-hydrogen) atoms. The molecule has 0 bridgehead atoms. The Hall–Kier alpha value is -3.25. The van der Waals surface area contributed by atoms with E-state index in [1.807, 2.05) is 6.07 Å². The first kappa shape index (κ1) is 20.5. The molecule has 0 aromatic heterocycles. The van der Waals surface area contributed by atoms with E-state index in [0.29, 0.717) is 5.56 Å². The molecule has 1 N–H and O–H groups in total. The van der Waals surface area contributed by atoms with Crippen LogP contribution in [0.1, 0.15) is 17.0 Å². The number of halogens is 1. The lowest BCUT2D eigenvalue weighted by molar-refractivity contribution is -0.145. The van der Waals surface area contributed by atoms with Gasteiger partial charge in [0, 0.05) is 0 Å². The van der Waals surface area contributed by atoms with Gasteiger partial charge in [-0.15, -0.1) is 0 Å². The fourth-order valence-electron chi connectivity index (χ4n) is 3.07. The molecular formula is C23H19FO4S. The van der Waals surface area contributed by atoms with Crippen LogP contribution in [0, 0.1) is 0 Å². The van der Waals surface area contributed by atoms with Gasteiger partial charge in [-0.25, -0.2) is 17.6 Å². The molecule has 2 unspecified atom stereocenters. The first-order valence-electron chi connectivity index (χ1n) is 8.87. The monoisotopic (exact) mass is 410 g/mol. The Bertz CT molecular complexity index is 1100. The van der Waals surface area contributed by atoms with Crippen LogP contribution in [0.5, 0.6) is 0 Å². The summed E-state index contributed by atoms with van der Waals surface area (Å²) in [6, 6.07) is 23.6. The highest BCUT2D eigenvalue weighted by atomic mass is 32.2. The second-order valence-electron chi connectivity index (χ2n) is 6.42. The Balaban J connectivity index is 2.20. The Morgan fingerprint density at radius 1 is 0.862 bits per heavy atom. The van der Waals surface area contributed by atoms with E-state index < -0.39 is 26.7 Å². The van der Waals surface area contributed by atoms with Crippen LogP contribution in [0.2, 0.25) is 0 Å². The zero-order valence-corrected chi connectivity index (χ0v) is 16.2. The van der Waals surface area contributed by atoms with Crippen LogP contribution in [0.25, 0.3) is 6.08 Å². The lowest BCUT2D eigenvalue weighted by Gasteiger charge is -2.28. The van der Waals surface area contributed by atoms with Crippen LogP contribution in [0.15, 0.2) is 102 Å². The SMILES string of the molecule is O=C(O)C(F)(C(C=Cc1ccccc1)c1ccccc1)S(=O)(=O)c1ccccc1. The molecule has 4 nitrogen and oxygen atoms in total. The van der Waals surface area contributed by atoms with Gasteiger partial charge in [-0.05, 0) is 23.3 Å². The van der Waals surface area contributed by atoms with Gasteiger partial charge < -0.3 is 5.11 Å². The highest BCUT2D eigenvalue weighted by Crippen LogP contribution is 2.42. The Morgan fingerprint density at radius 2 is 1.34 bits per heavy atom. The van der Waals surface area contributed by atoms with Crippen molar-refractivity contribution < 1.29 is 22.7 Å². The van der Waals surface area contributed by atoms with Crippen molar-refractivity contribution in [1.82, 2.24) is 0 Å². The molecule has 6 heteroatoms. The van der Waals surface area contributed by atoms with Gasteiger partial charge >= 0.3 is 11.0 Å². The van der Waals surface area contributed by atoms with Crippen molar-refractivity contribution >= 4 is 21.9 Å². The second kappa shape index (κ2) is 8.41. The lowest BCUT2D eigenvalue weighted by atomic mass is 9.92. The van der Waals surface area contributed by atoms with E-state index in [1.54, 1.807) is 48.5 Å². The van der Waals surface area contributed by atoms with Crippen LogP contribution < -0.4 is 0 Å². The molecular weight excluding hydrogens is 391 g/mol. The summed E-state index contributed by atoms with van der Waals surface area (Å²) in [5, 5.41) is 6.17. The summed E-state index contributed by atoms with van der Waals surface area (Å²) in [4.78, 5) is 11.7. The molecule has 0 heterocycles. The quantitative estimate of drug-likeness (QED) is 0.612. The maximum atomic E-state index is 16.2. The van der Waals surface area contributed by atoms with Crippen molar-refractivity contribution in [2.45, 2.75) is 15.8 Å². The van der Waals surface area contributed by atoms with Gasteiger partial charge in [-0.1, -0.05) is 91.0 Å². The van der Waals surface area contributed by atoms with Gasteiger partial charge in [0.2, 0.25) is 9.84 Å². The molecule has 0 aliphatic carbocycles. The van der Waals surface area contributed by atoms with Crippen LogP contribution in [-0.4, -0.2) is 24.5 Å². The van der Waals surface area contributed by atoms with Crippen molar-refractivity contribution in [3.05, 3.63) is 108 Å². The standard InChI is InChI=1S/C23H19FO4S/c24-23(22(25)26,29(27,28)20-14-8-3-9-15-20)21(19-12-6-2-7-13-19)17-16-18-10-4-1-5-11-18/h1-17,21H,(H,25,26).